The minimum atomic E-state index is -0.249. The van der Waals surface area contributed by atoms with Gasteiger partial charge in [0.05, 0.1) is 15.9 Å². The summed E-state index contributed by atoms with van der Waals surface area (Å²) in [5.41, 5.74) is 5.44. The van der Waals surface area contributed by atoms with E-state index in [0.717, 1.165) is 51.4 Å². The summed E-state index contributed by atoms with van der Waals surface area (Å²) in [6.45, 7) is 0.932. The second-order valence-corrected chi connectivity index (χ2v) is 8.19. The van der Waals surface area contributed by atoms with Crippen LogP contribution in [-0.2, 0) is 0 Å². The van der Waals surface area contributed by atoms with Crippen LogP contribution in [0.15, 0.2) is 48.8 Å². The lowest BCUT2D eigenvalue weighted by molar-refractivity contribution is 0.646. The van der Waals surface area contributed by atoms with Gasteiger partial charge in [-0.1, -0.05) is 6.08 Å². The third kappa shape index (κ3) is 2.78. The Labute approximate surface area is 174 Å². The van der Waals surface area contributed by atoms with Crippen molar-refractivity contribution in [1.82, 2.24) is 35.5 Å². The van der Waals surface area contributed by atoms with Crippen molar-refractivity contribution in [3.8, 4) is 22.1 Å². The van der Waals surface area contributed by atoms with Crippen molar-refractivity contribution in [2.24, 2.45) is 0 Å². The molecule has 6 heterocycles. The van der Waals surface area contributed by atoms with E-state index in [4.69, 9.17) is 9.97 Å². The largest absolute Gasteiger partial charge is 0.391 e. The normalized spacial score (nSPS) is 16.4. The number of imidazole rings is 1. The number of H-pyrrole nitrogens is 2. The summed E-state index contributed by atoms with van der Waals surface area (Å²) in [6.07, 6.45) is 6.81. The SMILES string of the molecule is Fc1ccc(-c2nccc3[nH]c(-c4n[nH]c5ccc(C6C=CNCC6)nc45)nc23)s1. The predicted octanol–water partition coefficient (Wildman–Crippen LogP) is 4.35. The van der Waals surface area contributed by atoms with Crippen molar-refractivity contribution in [2.45, 2.75) is 12.3 Å². The smallest absolute Gasteiger partial charge is 0.177 e. The van der Waals surface area contributed by atoms with Crippen LogP contribution in [0.1, 0.15) is 18.0 Å². The van der Waals surface area contributed by atoms with Gasteiger partial charge in [-0.3, -0.25) is 10.1 Å². The van der Waals surface area contributed by atoms with E-state index in [1.165, 1.54) is 6.07 Å². The number of aromatic nitrogens is 6. The number of aromatic amines is 2. The molecule has 1 unspecified atom stereocenters. The third-order valence-corrected chi connectivity index (χ3v) is 6.17. The number of thiophene rings is 1. The van der Waals surface area contributed by atoms with E-state index < -0.39 is 0 Å². The molecule has 0 aliphatic carbocycles. The predicted molar refractivity (Wildman–Crippen MR) is 115 cm³/mol. The van der Waals surface area contributed by atoms with Gasteiger partial charge in [0, 0.05) is 24.4 Å². The van der Waals surface area contributed by atoms with Gasteiger partial charge in [0.15, 0.2) is 16.6 Å². The van der Waals surface area contributed by atoms with Gasteiger partial charge < -0.3 is 10.3 Å². The molecule has 0 saturated carbocycles. The molecule has 0 bridgehead atoms. The Morgan fingerprint density at radius 3 is 2.77 bits per heavy atom. The van der Waals surface area contributed by atoms with Crippen molar-refractivity contribution < 1.29 is 4.39 Å². The molecule has 30 heavy (non-hydrogen) atoms. The Kier molecular flexibility index (Phi) is 3.88. The molecule has 5 aromatic heterocycles. The molecule has 0 saturated heterocycles. The minimum absolute atomic E-state index is 0.249. The summed E-state index contributed by atoms with van der Waals surface area (Å²) in [5.74, 6) is 0.881. The highest BCUT2D eigenvalue weighted by Crippen LogP contribution is 2.33. The number of hydrogen-bond acceptors (Lipinski definition) is 6. The highest BCUT2D eigenvalue weighted by atomic mass is 32.1. The lowest BCUT2D eigenvalue weighted by Crippen LogP contribution is -2.16. The monoisotopic (exact) mass is 417 g/mol. The second-order valence-electron chi connectivity index (χ2n) is 7.16. The lowest BCUT2D eigenvalue weighted by atomic mass is 9.98. The zero-order valence-corrected chi connectivity index (χ0v) is 16.5. The van der Waals surface area contributed by atoms with Crippen LogP contribution < -0.4 is 5.32 Å². The molecule has 1 aliphatic rings. The lowest BCUT2D eigenvalue weighted by Gasteiger charge is -2.16. The van der Waals surface area contributed by atoms with Crippen molar-refractivity contribution in [3.63, 3.8) is 0 Å². The van der Waals surface area contributed by atoms with Crippen LogP contribution in [0, 0.1) is 5.13 Å². The van der Waals surface area contributed by atoms with Crippen molar-refractivity contribution in [2.75, 3.05) is 6.54 Å². The standard InChI is InChI=1S/C21H16FN7S/c22-16-4-3-15(30-16)19-17-13(7-10-24-19)26-21(27-17)20-18-14(28-29-20)2-1-12(25-18)11-5-8-23-9-6-11/h1-5,7-8,10-11,23H,6,9H2,(H,26,27)(H,28,29). The molecule has 5 aromatic rings. The van der Waals surface area contributed by atoms with Gasteiger partial charge in [0.1, 0.15) is 16.7 Å². The Balaban J connectivity index is 1.48. The number of nitrogens with one attached hydrogen (secondary N) is 3. The summed E-state index contributed by atoms with van der Waals surface area (Å²) in [5, 5.41) is 10.5. The number of allylic oxidation sites excluding steroid dienone is 1. The van der Waals surface area contributed by atoms with Gasteiger partial charge in [0.25, 0.3) is 0 Å². The average molecular weight is 417 g/mol. The summed E-state index contributed by atoms with van der Waals surface area (Å²) in [7, 11) is 0. The third-order valence-electron chi connectivity index (χ3n) is 5.29. The fourth-order valence-electron chi connectivity index (χ4n) is 3.80. The van der Waals surface area contributed by atoms with Gasteiger partial charge in [-0.05, 0) is 43.0 Å². The highest BCUT2D eigenvalue weighted by molar-refractivity contribution is 7.13. The number of pyridine rings is 2. The number of rotatable bonds is 3. The van der Waals surface area contributed by atoms with Crippen LogP contribution in [0.4, 0.5) is 4.39 Å². The maximum Gasteiger partial charge on any atom is 0.177 e. The van der Waals surface area contributed by atoms with Gasteiger partial charge in [-0.2, -0.15) is 9.49 Å². The molecule has 7 nitrogen and oxygen atoms in total. The van der Waals surface area contributed by atoms with Gasteiger partial charge in [0.2, 0.25) is 0 Å². The molecule has 0 amide bonds. The van der Waals surface area contributed by atoms with E-state index >= 15 is 0 Å². The van der Waals surface area contributed by atoms with Crippen LogP contribution in [0.5, 0.6) is 0 Å². The topological polar surface area (TPSA) is 95.2 Å². The molecule has 0 spiro atoms. The molecular formula is C21H16FN7S. The number of fused-ring (bicyclic) bond motifs is 2. The first kappa shape index (κ1) is 17.3. The Morgan fingerprint density at radius 2 is 1.93 bits per heavy atom. The summed E-state index contributed by atoms with van der Waals surface area (Å²) < 4.78 is 13.5. The Bertz CT molecular complexity index is 1410. The molecule has 6 rings (SSSR count). The van der Waals surface area contributed by atoms with E-state index in [2.05, 4.69) is 31.6 Å². The van der Waals surface area contributed by atoms with Gasteiger partial charge in [-0.25, -0.2) is 9.97 Å². The molecular weight excluding hydrogens is 401 g/mol. The van der Waals surface area contributed by atoms with Crippen LogP contribution in [-0.4, -0.2) is 36.7 Å². The maximum absolute atomic E-state index is 13.5. The first-order valence-corrected chi connectivity index (χ1v) is 10.4. The maximum atomic E-state index is 13.5. The summed E-state index contributed by atoms with van der Waals surface area (Å²) >= 11 is 1.05. The van der Waals surface area contributed by atoms with Crippen LogP contribution in [0.25, 0.3) is 44.2 Å². The molecule has 9 heteroatoms. The molecule has 1 atom stereocenters. The zero-order valence-electron chi connectivity index (χ0n) is 15.7. The van der Waals surface area contributed by atoms with Crippen LogP contribution in [0.2, 0.25) is 0 Å². The molecule has 3 N–H and O–H groups in total. The van der Waals surface area contributed by atoms with E-state index in [1.807, 2.05) is 24.4 Å². The van der Waals surface area contributed by atoms with Crippen LogP contribution >= 0.6 is 11.3 Å². The average Bonchev–Trinajstić information content (AvgIpc) is 3.51. The molecule has 1 aliphatic heterocycles. The summed E-state index contributed by atoms with van der Waals surface area (Å²) in [6, 6.07) is 9.06. The first-order valence-electron chi connectivity index (χ1n) is 9.62. The molecule has 148 valence electrons. The first-order chi connectivity index (χ1) is 14.8. The van der Waals surface area contributed by atoms with Gasteiger partial charge >= 0.3 is 0 Å². The molecule has 0 aromatic carbocycles. The molecule has 0 radical (unpaired) electrons. The van der Waals surface area contributed by atoms with Crippen molar-refractivity contribution in [1.29, 1.82) is 0 Å². The van der Waals surface area contributed by atoms with E-state index in [1.54, 1.807) is 12.3 Å². The Hall–Kier alpha value is -3.59. The quantitative estimate of drug-likeness (QED) is 0.406. The van der Waals surface area contributed by atoms with Crippen molar-refractivity contribution in [3.05, 3.63) is 59.6 Å². The number of hydrogen-bond donors (Lipinski definition) is 3. The second kappa shape index (κ2) is 6.74. The summed E-state index contributed by atoms with van der Waals surface area (Å²) in [4.78, 5) is 18.1. The number of nitrogens with zero attached hydrogens (tertiary/aromatic N) is 4. The van der Waals surface area contributed by atoms with E-state index in [0.29, 0.717) is 22.7 Å². The fourth-order valence-corrected chi connectivity index (χ4v) is 4.53. The minimum Gasteiger partial charge on any atom is -0.391 e. The van der Waals surface area contributed by atoms with Gasteiger partial charge in [-0.15, -0.1) is 11.3 Å². The highest BCUT2D eigenvalue weighted by Gasteiger charge is 2.19. The Morgan fingerprint density at radius 1 is 1.00 bits per heavy atom. The van der Waals surface area contributed by atoms with Crippen molar-refractivity contribution >= 4 is 33.4 Å². The van der Waals surface area contributed by atoms with Crippen LogP contribution in [0.3, 0.4) is 0 Å². The fraction of sp³-hybridized carbons (Fsp3) is 0.143. The van der Waals surface area contributed by atoms with E-state index in [-0.39, 0.29) is 11.0 Å². The molecule has 0 fully saturated rings. The number of halogens is 1. The zero-order chi connectivity index (χ0) is 20.1. The van der Waals surface area contributed by atoms with E-state index in [9.17, 15) is 4.39 Å².